The number of carbonyl (C=O) groups excluding carboxylic acids is 5. The molecule has 1 spiro atoms. The van der Waals surface area contributed by atoms with E-state index in [4.69, 9.17) is 14.7 Å². The Labute approximate surface area is 441 Å². The van der Waals surface area contributed by atoms with E-state index in [1.807, 2.05) is 40.4 Å². The molecule has 7 aliphatic heterocycles. The fourth-order valence-electron chi connectivity index (χ4n) is 14.2. The zero-order valence-electron chi connectivity index (χ0n) is 44.4. The summed E-state index contributed by atoms with van der Waals surface area (Å²) in [5.74, 6) is 0.577. The Morgan fingerprint density at radius 1 is 0.787 bits per heavy atom. The van der Waals surface area contributed by atoms with Crippen LogP contribution in [-0.4, -0.2) is 142 Å². The van der Waals surface area contributed by atoms with Gasteiger partial charge in [-0.15, -0.1) is 0 Å². The summed E-state index contributed by atoms with van der Waals surface area (Å²) in [6.45, 7) is 13.9. The lowest BCUT2D eigenvalue weighted by molar-refractivity contribution is -0.150. The van der Waals surface area contributed by atoms with Gasteiger partial charge in [0, 0.05) is 111 Å². The quantitative estimate of drug-likeness (QED) is 0.151. The van der Waals surface area contributed by atoms with E-state index in [0.717, 1.165) is 129 Å². The van der Waals surface area contributed by atoms with Crippen LogP contribution in [0, 0.1) is 11.3 Å². The number of fused-ring (bicyclic) bond motifs is 3. The maximum Gasteiger partial charge on any atom is 0.238 e. The van der Waals surface area contributed by atoms with Crippen LogP contribution in [0.3, 0.4) is 0 Å². The van der Waals surface area contributed by atoms with E-state index < -0.39 is 10.8 Å². The predicted molar refractivity (Wildman–Crippen MR) is 288 cm³/mol. The number of rotatable bonds is 10. The Hall–Kier alpha value is -5.87. The van der Waals surface area contributed by atoms with Crippen molar-refractivity contribution in [2.75, 3.05) is 80.7 Å². The van der Waals surface area contributed by atoms with Gasteiger partial charge < -0.3 is 39.1 Å². The van der Waals surface area contributed by atoms with Gasteiger partial charge in [-0.1, -0.05) is 37.6 Å². The maximum atomic E-state index is 15.4. The molecule has 12 rings (SSSR count). The molecule has 2 N–H and O–H groups in total. The zero-order valence-corrected chi connectivity index (χ0v) is 44.4. The number of imide groups is 1. The fraction of sp³-hybridized carbons (Fsp3) is 0.610. The lowest BCUT2D eigenvalue weighted by Crippen LogP contribution is -2.59. The number of imidazole rings is 1. The molecular weight excluding hydrogens is 945 g/mol. The van der Waals surface area contributed by atoms with E-state index in [9.17, 15) is 19.2 Å². The van der Waals surface area contributed by atoms with Crippen molar-refractivity contribution < 1.29 is 28.7 Å². The molecule has 0 bridgehead atoms. The lowest BCUT2D eigenvalue weighted by atomic mass is 9.72. The van der Waals surface area contributed by atoms with Crippen LogP contribution in [0.2, 0.25) is 0 Å². The summed E-state index contributed by atoms with van der Waals surface area (Å²) < 4.78 is 7.89. The van der Waals surface area contributed by atoms with E-state index in [1.165, 1.54) is 19.3 Å². The third-order valence-corrected chi connectivity index (χ3v) is 19.1. The topological polar surface area (TPSA) is 166 Å². The number of pyridine rings is 1. The summed E-state index contributed by atoms with van der Waals surface area (Å²) in [5.41, 5.74) is 6.52. The Morgan fingerprint density at radius 3 is 2.19 bits per heavy atom. The number of nitrogens with one attached hydrogen (secondary N) is 2. The van der Waals surface area contributed by atoms with Gasteiger partial charge in [0.1, 0.15) is 5.52 Å². The first-order valence-electron chi connectivity index (χ1n) is 28.6. The number of nitrogens with zero attached hydrogens (tertiary/aromatic N) is 8. The van der Waals surface area contributed by atoms with Crippen molar-refractivity contribution in [3.05, 3.63) is 66.0 Å². The van der Waals surface area contributed by atoms with Gasteiger partial charge in [-0.2, -0.15) is 0 Å². The number of likely N-dealkylation sites (tertiary alicyclic amines) is 3. The van der Waals surface area contributed by atoms with Gasteiger partial charge >= 0.3 is 0 Å². The highest BCUT2D eigenvalue weighted by molar-refractivity contribution is 6.09. The molecular formula is C59H76N10O6. The van der Waals surface area contributed by atoms with E-state index in [0.29, 0.717) is 70.7 Å². The second kappa shape index (κ2) is 20.3. The van der Waals surface area contributed by atoms with Crippen molar-refractivity contribution >= 4 is 57.8 Å². The summed E-state index contributed by atoms with van der Waals surface area (Å²) >= 11 is 0. The Bertz CT molecular complexity index is 2820. The van der Waals surface area contributed by atoms with Gasteiger partial charge in [-0.05, 0) is 146 Å². The molecule has 75 heavy (non-hydrogen) atoms. The van der Waals surface area contributed by atoms with Crippen LogP contribution < -0.4 is 20.4 Å². The molecule has 6 saturated heterocycles. The first kappa shape index (κ1) is 50.0. The maximum absolute atomic E-state index is 15.4. The third-order valence-electron chi connectivity index (χ3n) is 19.1. The molecule has 16 nitrogen and oxygen atoms in total. The number of benzene rings is 2. The number of anilines is 3. The minimum absolute atomic E-state index is 0.0495. The van der Waals surface area contributed by atoms with Crippen molar-refractivity contribution in [1.29, 1.82) is 0 Å². The summed E-state index contributed by atoms with van der Waals surface area (Å²) in [5, 5.41) is 6.25. The molecule has 9 heterocycles. The van der Waals surface area contributed by atoms with Gasteiger partial charge in [0.15, 0.2) is 5.82 Å². The number of amides is 5. The van der Waals surface area contributed by atoms with Gasteiger partial charge in [-0.3, -0.25) is 29.3 Å². The van der Waals surface area contributed by atoms with Crippen molar-refractivity contribution in [3.63, 3.8) is 0 Å². The van der Waals surface area contributed by atoms with Gasteiger partial charge in [0.2, 0.25) is 29.5 Å². The minimum atomic E-state index is -0.699. The number of carbonyl (C=O) groups is 5. The lowest BCUT2D eigenvalue weighted by Gasteiger charge is -2.48. The standard InChI is InChI=1S/C59H76N10O6/c1-38(2)68-37-60-49-36-48(62-53(52(49)68)61-42-17-31-75-32-18-42)41-9-13-47-50(33-41)69(45-34-44(35-45)64-23-5-4-6-24-64)57(74)59(47)21-29-67(30-22-59)56(73)58(3)19-27-66(28-20-58)55(72)40-15-25-65(26-16-40)43-10-7-39(8-11-43)46-12-14-51(70)63-54(46)71/h7-11,13,33,36-38,40,42,44-46H,4-6,12,14-32,34-35H2,1-3H3,(H,61,62)(H,63,70,71)/t44-,45+,46?. The van der Waals surface area contributed by atoms with Crippen LogP contribution >= 0.6 is 0 Å². The summed E-state index contributed by atoms with van der Waals surface area (Å²) in [7, 11) is 0. The summed E-state index contributed by atoms with van der Waals surface area (Å²) in [4.78, 5) is 89.5. The molecule has 4 aromatic rings. The Morgan fingerprint density at radius 2 is 1.49 bits per heavy atom. The first-order chi connectivity index (χ1) is 36.4. The Balaban J connectivity index is 0.714. The van der Waals surface area contributed by atoms with Gasteiger partial charge in [0.05, 0.1) is 28.9 Å². The first-order valence-corrected chi connectivity index (χ1v) is 28.6. The van der Waals surface area contributed by atoms with E-state index in [2.05, 4.69) is 74.9 Å². The molecule has 8 aliphatic rings. The average molecular weight is 1020 g/mol. The van der Waals surface area contributed by atoms with Crippen molar-refractivity contribution in [2.45, 2.75) is 153 Å². The zero-order chi connectivity index (χ0) is 51.6. The minimum Gasteiger partial charge on any atom is -0.381 e. The smallest absolute Gasteiger partial charge is 0.238 e. The van der Waals surface area contributed by atoms with Crippen LogP contribution in [0.1, 0.15) is 140 Å². The molecule has 2 aromatic carbocycles. The molecule has 7 fully saturated rings. The predicted octanol–water partition coefficient (Wildman–Crippen LogP) is 7.56. The largest absolute Gasteiger partial charge is 0.381 e. The van der Waals surface area contributed by atoms with Crippen molar-refractivity contribution in [1.82, 2.24) is 34.6 Å². The molecule has 1 atom stereocenters. The number of piperidine rings is 5. The molecule has 5 amide bonds. The average Bonchev–Trinajstić information content (AvgIpc) is 3.98. The van der Waals surface area contributed by atoms with Crippen molar-refractivity contribution in [2.24, 2.45) is 11.3 Å². The molecule has 16 heteroatoms. The number of aromatic nitrogens is 3. The van der Waals surface area contributed by atoms with E-state index in [1.54, 1.807) is 0 Å². The molecule has 0 radical (unpaired) electrons. The fourth-order valence-corrected chi connectivity index (χ4v) is 14.2. The second-order valence-corrected chi connectivity index (χ2v) is 23.9. The van der Waals surface area contributed by atoms with Crippen LogP contribution in [0.5, 0.6) is 0 Å². The molecule has 398 valence electrons. The summed E-state index contributed by atoms with van der Waals surface area (Å²) in [6, 6.07) is 17.9. The van der Waals surface area contributed by atoms with Crippen LogP contribution in [-0.2, 0) is 34.1 Å². The van der Waals surface area contributed by atoms with Crippen molar-refractivity contribution in [3.8, 4) is 11.3 Å². The van der Waals surface area contributed by atoms with Crippen LogP contribution in [0.25, 0.3) is 22.3 Å². The SMILES string of the molecule is CC(C)n1cnc2cc(-c3ccc4c(c3)N([C@H]3C[C@@H](N5CCCCC5)C3)C(=O)C43CCN(C(=O)C4(C)CCN(C(=O)C5CCN(c6ccc(C7CCC(=O)NC7=O)cc6)CC5)CC4)CC3)nc(NC3CCOCC3)c21. The normalized spacial score (nSPS) is 25.7. The molecule has 1 saturated carbocycles. The number of hydrogen-bond acceptors (Lipinski definition) is 11. The van der Waals surface area contributed by atoms with Gasteiger partial charge in [0.25, 0.3) is 0 Å². The molecule has 2 aromatic heterocycles. The van der Waals surface area contributed by atoms with Crippen LogP contribution in [0.4, 0.5) is 17.2 Å². The van der Waals surface area contributed by atoms with E-state index in [-0.39, 0.29) is 59.5 Å². The summed E-state index contributed by atoms with van der Waals surface area (Å²) in [6.07, 6.45) is 14.3. The number of ether oxygens (including phenoxy) is 1. The highest BCUT2D eigenvalue weighted by Gasteiger charge is 2.56. The third kappa shape index (κ3) is 9.29. The monoisotopic (exact) mass is 1020 g/mol. The molecule has 1 aliphatic carbocycles. The highest BCUT2D eigenvalue weighted by Crippen LogP contribution is 2.53. The molecule has 1 unspecified atom stereocenters. The Kier molecular flexibility index (Phi) is 13.5. The van der Waals surface area contributed by atoms with E-state index >= 15 is 4.79 Å². The second-order valence-electron chi connectivity index (χ2n) is 23.9. The van der Waals surface area contributed by atoms with Gasteiger partial charge in [-0.25, -0.2) is 9.97 Å². The highest BCUT2D eigenvalue weighted by atomic mass is 16.5. The number of hydrogen-bond donors (Lipinski definition) is 2. The van der Waals surface area contributed by atoms with Crippen LogP contribution in [0.15, 0.2) is 54.9 Å².